The molecular formula is C18H28N4O2. The topological polar surface area (TPSA) is 65.0 Å². The van der Waals surface area contributed by atoms with Gasteiger partial charge in [-0.15, -0.1) is 0 Å². The maximum Gasteiger partial charge on any atom is 0.317 e. The van der Waals surface area contributed by atoms with Crippen LogP contribution in [0.15, 0.2) is 4.99 Å². The number of amides is 3. The summed E-state index contributed by atoms with van der Waals surface area (Å²) >= 11 is 0. The molecule has 1 spiro atoms. The van der Waals surface area contributed by atoms with Crippen LogP contribution in [-0.4, -0.2) is 59.3 Å². The van der Waals surface area contributed by atoms with Crippen LogP contribution in [0.2, 0.25) is 0 Å². The molecule has 4 rings (SSSR count). The Morgan fingerprint density at radius 2 is 2.04 bits per heavy atom. The first-order chi connectivity index (χ1) is 11.5. The number of likely N-dealkylation sites (N-methyl/N-ethyl adjacent to an activating group) is 1. The molecule has 6 heteroatoms. The molecule has 0 bridgehead atoms. The van der Waals surface area contributed by atoms with Crippen molar-refractivity contribution in [2.45, 2.75) is 63.5 Å². The number of hydrogen-bond acceptors (Lipinski definition) is 3. The van der Waals surface area contributed by atoms with Gasteiger partial charge in [0.05, 0.1) is 0 Å². The minimum atomic E-state index is -0.590. The highest BCUT2D eigenvalue weighted by atomic mass is 16.2. The predicted molar refractivity (Wildman–Crippen MR) is 91.8 cm³/mol. The van der Waals surface area contributed by atoms with E-state index in [1.165, 1.54) is 12.8 Å². The molecule has 2 heterocycles. The van der Waals surface area contributed by atoms with Crippen LogP contribution in [-0.2, 0) is 4.79 Å². The number of nitrogens with zero attached hydrogens (tertiary/aromatic N) is 3. The van der Waals surface area contributed by atoms with E-state index in [1.807, 2.05) is 18.9 Å². The molecule has 6 nitrogen and oxygen atoms in total. The zero-order chi connectivity index (χ0) is 16.9. The Balaban J connectivity index is 1.48. The SMILES string of the molecule is CCC1=N[C@@]2(CC[C@@H]3CN(C(=O)NC4CCCC4)C[C@@H]32)C(=O)N1C. The third kappa shape index (κ3) is 2.25. The number of fused-ring (bicyclic) bond motifs is 2. The summed E-state index contributed by atoms with van der Waals surface area (Å²) in [5, 5.41) is 3.18. The minimum absolute atomic E-state index is 0.0601. The summed E-state index contributed by atoms with van der Waals surface area (Å²) in [5.41, 5.74) is -0.590. The number of carbonyl (C=O) groups is 2. The van der Waals surface area contributed by atoms with Crippen molar-refractivity contribution >= 4 is 17.8 Å². The molecule has 132 valence electrons. The number of nitrogens with one attached hydrogen (secondary N) is 1. The Morgan fingerprint density at radius 3 is 2.71 bits per heavy atom. The van der Waals surface area contributed by atoms with Crippen LogP contribution in [0.4, 0.5) is 4.79 Å². The van der Waals surface area contributed by atoms with Gasteiger partial charge in [-0.25, -0.2) is 4.79 Å². The van der Waals surface area contributed by atoms with Gasteiger partial charge in [-0.3, -0.25) is 9.79 Å². The van der Waals surface area contributed by atoms with E-state index < -0.39 is 5.54 Å². The maximum absolute atomic E-state index is 12.9. The van der Waals surface area contributed by atoms with Gasteiger partial charge in [-0.05, 0) is 31.6 Å². The highest BCUT2D eigenvalue weighted by Gasteiger charge is 2.60. The largest absolute Gasteiger partial charge is 0.335 e. The van der Waals surface area contributed by atoms with E-state index in [4.69, 9.17) is 4.99 Å². The van der Waals surface area contributed by atoms with Crippen LogP contribution in [0.1, 0.15) is 51.9 Å². The summed E-state index contributed by atoms with van der Waals surface area (Å²) in [4.78, 5) is 34.0. The molecule has 3 amide bonds. The number of amidine groups is 1. The molecule has 0 aromatic heterocycles. The van der Waals surface area contributed by atoms with E-state index in [0.29, 0.717) is 18.5 Å². The summed E-state index contributed by atoms with van der Waals surface area (Å²) in [5.74, 6) is 1.64. The highest BCUT2D eigenvalue weighted by Crippen LogP contribution is 2.50. The summed E-state index contributed by atoms with van der Waals surface area (Å²) in [6.07, 6.45) is 7.26. The second kappa shape index (κ2) is 5.74. The Kier molecular flexibility index (Phi) is 3.81. The fourth-order valence-corrected chi connectivity index (χ4v) is 5.28. The molecule has 1 N–H and O–H groups in total. The number of rotatable bonds is 2. The zero-order valence-electron chi connectivity index (χ0n) is 14.8. The first-order valence-electron chi connectivity index (χ1n) is 9.47. The molecule has 2 aliphatic heterocycles. The fraction of sp³-hybridized carbons (Fsp3) is 0.833. The van der Waals surface area contributed by atoms with Crippen molar-refractivity contribution in [2.75, 3.05) is 20.1 Å². The van der Waals surface area contributed by atoms with Crippen LogP contribution in [0.5, 0.6) is 0 Å². The van der Waals surface area contributed by atoms with Gasteiger partial charge in [0.1, 0.15) is 11.4 Å². The van der Waals surface area contributed by atoms with Crippen LogP contribution >= 0.6 is 0 Å². The van der Waals surface area contributed by atoms with Gasteiger partial charge in [-0.1, -0.05) is 19.8 Å². The van der Waals surface area contributed by atoms with Crippen LogP contribution in [0, 0.1) is 11.8 Å². The number of likely N-dealkylation sites (tertiary alicyclic amines) is 1. The molecule has 0 aromatic carbocycles. The summed E-state index contributed by atoms with van der Waals surface area (Å²) < 4.78 is 0. The Morgan fingerprint density at radius 1 is 1.29 bits per heavy atom. The number of aliphatic imine (C=N–C) groups is 1. The predicted octanol–water partition coefficient (Wildman–Crippen LogP) is 2.00. The molecular weight excluding hydrogens is 304 g/mol. The molecule has 0 radical (unpaired) electrons. The van der Waals surface area contributed by atoms with Gasteiger partial charge >= 0.3 is 6.03 Å². The lowest BCUT2D eigenvalue weighted by atomic mass is 9.85. The van der Waals surface area contributed by atoms with Crippen molar-refractivity contribution in [1.82, 2.24) is 15.1 Å². The first kappa shape index (κ1) is 15.9. The highest BCUT2D eigenvalue weighted by molar-refractivity contribution is 6.08. The standard InChI is InChI=1S/C18H28N4O2/c1-3-15-20-18(16(23)21(15)2)9-8-12-10-22(11-14(12)18)17(24)19-13-6-4-5-7-13/h12-14H,3-11H2,1-2H3,(H,19,24)/t12-,14+,18-/m1/s1. The van der Waals surface area contributed by atoms with E-state index in [2.05, 4.69) is 5.32 Å². The van der Waals surface area contributed by atoms with Crippen molar-refractivity contribution in [1.29, 1.82) is 0 Å². The van der Waals surface area contributed by atoms with Gasteiger partial charge in [0.15, 0.2) is 0 Å². The first-order valence-corrected chi connectivity index (χ1v) is 9.47. The van der Waals surface area contributed by atoms with Crippen LogP contribution in [0.3, 0.4) is 0 Å². The normalized spacial score (nSPS) is 35.9. The summed E-state index contributed by atoms with van der Waals surface area (Å²) in [6, 6.07) is 0.404. The maximum atomic E-state index is 12.9. The molecule has 2 saturated carbocycles. The van der Waals surface area contributed by atoms with Gasteiger partial charge in [0.25, 0.3) is 5.91 Å². The molecule has 2 aliphatic carbocycles. The van der Waals surface area contributed by atoms with Crippen molar-refractivity contribution in [3.8, 4) is 0 Å². The lowest BCUT2D eigenvalue weighted by molar-refractivity contribution is -0.131. The van der Waals surface area contributed by atoms with E-state index in [-0.39, 0.29) is 17.9 Å². The number of carbonyl (C=O) groups excluding carboxylic acids is 2. The second-order valence-electron chi connectivity index (χ2n) is 7.91. The number of urea groups is 1. The zero-order valence-corrected chi connectivity index (χ0v) is 14.8. The van der Waals surface area contributed by atoms with E-state index in [1.54, 1.807) is 4.90 Å². The van der Waals surface area contributed by atoms with Gasteiger partial charge in [0.2, 0.25) is 0 Å². The average Bonchev–Trinajstić information content (AvgIpc) is 3.31. The minimum Gasteiger partial charge on any atom is -0.335 e. The third-order valence-electron chi connectivity index (χ3n) is 6.63. The Labute approximate surface area is 143 Å². The molecule has 3 fully saturated rings. The van der Waals surface area contributed by atoms with E-state index in [0.717, 1.165) is 44.5 Å². The molecule has 0 unspecified atom stereocenters. The third-order valence-corrected chi connectivity index (χ3v) is 6.63. The Hall–Kier alpha value is -1.59. The van der Waals surface area contributed by atoms with E-state index in [9.17, 15) is 9.59 Å². The van der Waals surface area contributed by atoms with E-state index >= 15 is 0 Å². The molecule has 3 atom stereocenters. The average molecular weight is 332 g/mol. The van der Waals surface area contributed by atoms with Crippen molar-refractivity contribution in [3.63, 3.8) is 0 Å². The molecule has 24 heavy (non-hydrogen) atoms. The van der Waals surface area contributed by atoms with Crippen molar-refractivity contribution in [3.05, 3.63) is 0 Å². The molecule has 4 aliphatic rings. The van der Waals surface area contributed by atoms with Gasteiger partial charge in [-0.2, -0.15) is 0 Å². The van der Waals surface area contributed by atoms with Crippen molar-refractivity contribution in [2.24, 2.45) is 16.8 Å². The summed E-state index contributed by atoms with van der Waals surface area (Å²) in [7, 11) is 1.84. The quantitative estimate of drug-likeness (QED) is 0.840. The van der Waals surface area contributed by atoms with Crippen molar-refractivity contribution < 1.29 is 9.59 Å². The van der Waals surface area contributed by atoms with Crippen LogP contribution in [0.25, 0.3) is 0 Å². The number of hydrogen-bond donors (Lipinski definition) is 1. The van der Waals surface area contributed by atoms with Gasteiger partial charge < -0.3 is 15.1 Å². The monoisotopic (exact) mass is 332 g/mol. The van der Waals surface area contributed by atoms with Gasteiger partial charge in [0, 0.05) is 38.5 Å². The second-order valence-corrected chi connectivity index (χ2v) is 7.91. The van der Waals surface area contributed by atoms with Crippen LogP contribution < -0.4 is 5.32 Å². The smallest absolute Gasteiger partial charge is 0.317 e. The molecule has 1 saturated heterocycles. The lowest BCUT2D eigenvalue weighted by Crippen LogP contribution is -2.47. The fourth-order valence-electron chi connectivity index (χ4n) is 5.28. The molecule has 0 aromatic rings. The lowest BCUT2D eigenvalue weighted by Gasteiger charge is -2.27. The Bertz CT molecular complexity index is 584. The summed E-state index contributed by atoms with van der Waals surface area (Å²) in [6.45, 7) is 3.49.